The van der Waals surface area contributed by atoms with Gasteiger partial charge in [0.15, 0.2) is 0 Å². The molecular weight excluding hydrogens is 270 g/mol. The molecule has 2 N–H and O–H groups in total. The molecule has 0 saturated heterocycles. The maximum atomic E-state index is 5.94. The average molecular weight is 283 g/mol. The van der Waals surface area contributed by atoms with Gasteiger partial charge in [0.05, 0.1) is 0 Å². The summed E-state index contributed by atoms with van der Waals surface area (Å²) in [6.07, 6.45) is 3.87. The van der Waals surface area contributed by atoms with Gasteiger partial charge in [-0.25, -0.2) is 0 Å². The van der Waals surface area contributed by atoms with Crippen LogP contribution < -0.4 is 5.73 Å². The Balaban J connectivity index is 0.00000144. The minimum atomic E-state index is 0. The molecule has 0 aliphatic rings. The van der Waals surface area contributed by atoms with Gasteiger partial charge in [-0.1, -0.05) is 6.08 Å². The van der Waals surface area contributed by atoms with Crippen LogP contribution in [0, 0.1) is 0 Å². The lowest BCUT2D eigenvalue weighted by atomic mass is 10.1. The summed E-state index contributed by atoms with van der Waals surface area (Å²) in [4.78, 5) is 1.24. The number of allylic oxidation sites excluding steroid dienone is 1. The summed E-state index contributed by atoms with van der Waals surface area (Å²) in [5.41, 5.74) is 5.94. The molecule has 1 atom stereocenters. The Hall–Kier alpha value is 0.170. The lowest BCUT2D eigenvalue weighted by Crippen LogP contribution is -2.07. The Labute approximate surface area is 97.6 Å². The number of nitrogens with two attached hydrogens (primary N) is 1. The molecule has 0 amide bonds. The summed E-state index contributed by atoms with van der Waals surface area (Å²) < 4.78 is 1.12. The van der Waals surface area contributed by atoms with E-state index in [0.29, 0.717) is 0 Å². The van der Waals surface area contributed by atoms with Gasteiger partial charge >= 0.3 is 0 Å². The molecular formula is C9H13BrClNS. The second kappa shape index (κ2) is 6.60. The summed E-state index contributed by atoms with van der Waals surface area (Å²) in [7, 11) is 0. The highest BCUT2D eigenvalue weighted by Crippen LogP contribution is 2.26. The van der Waals surface area contributed by atoms with Crippen molar-refractivity contribution in [3.8, 4) is 0 Å². The predicted octanol–water partition coefficient (Wildman–Crippen LogP) is 3.90. The highest BCUT2D eigenvalue weighted by molar-refractivity contribution is 9.10. The van der Waals surface area contributed by atoms with E-state index in [2.05, 4.69) is 34.0 Å². The van der Waals surface area contributed by atoms with E-state index in [1.165, 1.54) is 4.88 Å². The Morgan fingerprint density at radius 2 is 2.38 bits per heavy atom. The highest BCUT2D eigenvalue weighted by atomic mass is 79.9. The van der Waals surface area contributed by atoms with E-state index in [9.17, 15) is 0 Å². The van der Waals surface area contributed by atoms with Crippen molar-refractivity contribution in [2.75, 3.05) is 0 Å². The zero-order valence-electron chi connectivity index (χ0n) is 7.20. The fourth-order valence-corrected chi connectivity index (χ4v) is 2.45. The molecule has 4 heteroatoms. The van der Waals surface area contributed by atoms with Crippen LogP contribution in [0.25, 0.3) is 0 Å². The second-order valence-electron chi connectivity index (χ2n) is 2.64. The van der Waals surface area contributed by atoms with Gasteiger partial charge in [0.2, 0.25) is 0 Å². The molecule has 13 heavy (non-hydrogen) atoms. The SMILES string of the molecule is C=CCC[C@H](N)c1cc(Br)cs1.Cl. The molecule has 74 valence electrons. The highest BCUT2D eigenvalue weighted by Gasteiger charge is 2.06. The van der Waals surface area contributed by atoms with Crippen molar-refractivity contribution >= 4 is 39.7 Å². The summed E-state index contributed by atoms with van der Waals surface area (Å²) in [6.45, 7) is 3.67. The van der Waals surface area contributed by atoms with Crippen LogP contribution in [0.1, 0.15) is 23.8 Å². The molecule has 0 bridgehead atoms. The smallest absolute Gasteiger partial charge is 0.0393 e. The van der Waals surface area contributed by atoms with Crippen LogP contribution in [0.4, 0.5) is 0 Å². The maximum absolute atomic E-state index is 5.94. The maximum Gasteiger partial charge on any atom is 0.0393 e. The third-order valence-corrected chi connectivity index (χ3v) is 3.46. The molecule has 0 aliphatic carbocycles. The van der Waals surface area contributed by atoms with Crippen LogP contribution >= 0.6 is 39.7 Å². The molecule has 0 aromatic carbocycles. The van der Waals surface area contributed by atoms with E-state index in [4.69, 9.17) is 5.73 Å². The first-order valence-corrected chi connectivity index (χ1v) is 5.51. The number of thiophene rings is 1. The van der Waals surface area contributed by atoms with E-state index < -0.39 is 0 Å². The first-order chi connectivity index (χ1) is 5.74. The Kier molecular flexibility index (Phi) is 6.68. The minimum absolute atomic E-state index is 0. The van der Waals surface area contributed by atoms with Gasteiger partial charge in [-0.3, -0.25) is 0 Å². The number of hydrogen-bond donors (Lipinski definition) is 1. The van der Waals surface area contributed by atoms with Crippen molar-refractivity contribution in [2.45, 2.75) is 18.9 Å². The number of halogens is 2. The van der Waals surface area contributed by atoms with Crippen molar-refractivity contribution in [2.24, 2.45) is 5.73 Å². The van der Waals surface area contributed by atoms with Crippen LogP contribution in [-0.4, -0.2) is 0 Å². The summed E-state index contributed by atoms with van der Waals surface area (Å²) >= 11 is 5.11. The third kappa shape index (κ3) is 4.27. The van der Waals surface area contributed by atoms with E-state index >= 15 is 0 Å². The van der Waals surface area contributed by atoms with Crippen molar-refractivity contribution in [3.63, 3.8) is 0 Å². The van der Waals surface area contributed by atoms with Crippen LogP contribution in [-0.2, 0) is 0 Å². The van der Waals surface area contributed by atoms with Gasteiger partial charge in [-0.15, -0.1) is 30.3 Å². The normalized spacial score (nSPS) is 11.8. The molecule has 1 aromatic heterocycles. The van der Waals surface area contributed by atoms with Crippen LogP contribution in [0.3, 0.4) is 0 Å². The molecule has 0 aliphatic heterocycles. The molecule has 1 heterocycles. The van der Waals surface area contributed by atoms with Gasteiger partial charge < -0.3 is 5.73 Å². The van der Waals surface area contributed by atoms with Gasteiger partial charge in [-0.05, 0) is 34.8 Å². The zero-order valence-corrected chi connectivity index (χ0v) is 10.4. The molecule has 1 aromatic rings. The number of rotatable bonds is 4. The summed E-state index contributed by atoms with van der Waals surface area (Å²) in [6, 6.07) is 2.25. The van der Waals surface area contributed by atoms with Crippen molar-refractivity contribution in [1.82, 2.24) is 0 Å². The molecule has 0 radical (unpaired) electrons. The lowest BCUT2D eigenvalue weighted by molar-refractivity contribution is 0.672. The van der Waals surface area contributed by atoms with Crippen molar-refractivity contribution in [3.05, 3.63) is 33.5 Å². The topological polar surface area (TPSA) is 26.0 Å². The predicted molar refractivity (Wildman–Crippen MR) is 65.6 cm³/mol. The molecule has 1 nitrogen and oxygen atoms in total. The fourth-order valence-electron chi connectivity index (χ4n) is 0.962. The third-order valence-electron chi connectivity index (χ3n) is 1.63. The number of hydrogen-bond acceptors (Lipinski definition) is 2. The van der Waals surface area contributed by atoms with Gasteiger partial charge in [0, 0.05) is 20.8 Å². The second-order valence-corrected chi connectivity index (χ2v) is 4.50. The van der Waals surface area contributed by atoms with Crippen LogP contribution in [0.15, 0.2) is 28.6 Å². The van der Waals surface area contributed by atoms with E-state index in [-0.39, 0.29) is 18.4 Å². The standard InChI is InChI=1S/C9H12BrNS.ClH/c1-2-3-4-8(11)9-5-7(10)6-12-9;/h2,5-6,8H,1,3-4,11H2;1H/t8-;/m0./s1. The average Bonchev–Trinajstić information content (AvgIpc) is 2.47. The Morgan fingerprint density at radius 1 is 1.69 bits per heavy atom. The molecule has 1 rings (SSSR count). The van der Waals surface area contributed by atoms with Crippen LogP contribution in [0.5, 0.6) is 0 Å². The first kappa shape index (κ1) is 13.2. The summed E-state index contributed by atoms with van der Waals surface area (Å²) in [5.74, 6) is 0. The molecule has 0 unspecified atom stereocenters. The quantitative estimate of drug-likeness (QED) is 0.833. The van der Waals surface area contributed by atoms with Crippen LogP contribution in [0.2, 0.25) is 0 Å². The Morgan fingerprint density at radius 3 is 2.85 bits per heavy atom. The van der Waals surface area contributed by atoms with Gasteiger partial charge in [0.1, 0.15) is 0 Å². The lowest BCUT2D eigenvalue weighted by Gasteiger charge is -2.06. The van der Waals surface area contributed by atoms with E-state index in [1.54, 1.807) is 11.3 Å². The first-order valence-electron chi connectivity index (χ1n) is 3.84. The molecule has 0 saturated carbocycles. The van der Waals surface area contributed by atoms with Crippen molar-refractivity contribution in [1.29, 1.82) is 0 Å². The van der Waals surface area contributed by atoms with E-state index in [0.717, 1.165) is 17.3 Å². The van der Waals surface area contributed by atoms with Crippen molar-refractivity contribution < 1.29 is 0 Å². The van der Waals surface area contributed by atoms with Gasteiger partial charge in [-0.2, -0.15) is 0 Å². The van der Waals surface area contributed by atoms with E-state index in [1.807, 2.05) is 6.08 Å². The Bertz CT molecular complexity index is 262. The molecule has 0 fully saturated rings. The monoisotopic (exact) mass is 281 g/mol. The fraction of sp³-hybridized carbons (Fsp3) is 0.333. The zero-order chi connectivity index (χ0) is 8.97. The summed E-state index contributed by atoms with van der Waals surface area (Å²) in [5, 5.41) is 2.06. The minimum Gasteiger partial charge on any atom is -0.323 e. The largest absolute Gasteiger partial charge is 0.323 e. The molecule has 0 spiro atoms. The van der Waals surface area contributed by atoms with Gasteiger partial charge in [0.25, 0.3) is 0 Å².